The summed E-state index contributed by atoms with van der Waals surface area (Å²) in [6.07, 6.45) is 10.4. The third-order valence-corrected chi connectivity index (χ3v) is 6.10. The molecule has 3 aromatic rings. The number of fused-ring (bicyclic) bond motifs is 5. The normalized spacial score (nSPS) is 21.5. The number of nitrogens with one attached hydrogen (secondary N) is 1. The van der Waals surface area contributed by atoms with E-state index in [0.717, 1.165) is 50.2 Å². The van der Waals surface area contributed by atoms with Gasteiger partial charge in [-0.05, 0) is 63.6 Å². The standard InChI is InChI=1S/C22H26N6O/c1-22(2)10-3-7-17-15(6-4-11-23-17)18-8-5-12-27(18)19-9-13-28-20(25-19)16(14-24-28)21(29)26-22/h4,6,9,11,13-14,18H,3,5,7-8,10,12H2,1-2H3,(H,26,29). The maximum Gasteiger partial charge on any atom is 0.257 e. The molecule has 7 heteroatoms. The molecule has 2 aliphatic heterocycles. The minimum atomic E-state index is -0.318. The predicted octanol–water partition coefficient (Wildman–Crippen LogP) is 3.31. The molecule has 0 saturated carbocycles. The van der Waals surface area contributed by atoms with Gasteiger partial charge in [-0.3, -0.25) is 9.78 Å². The fourth-order valence-electron chi connectivity index (χ4n) is 4.64. The van der Waals surface area contributed by atoms with E-state index in [2.05, 4.69) is 35.2 Å². The molecule has 2 bridgehead atoms. The third kappa shape index (κ3) is 3.24. The molecule has 0 spiro atoms. The summed E-state index contributed by atoms with van der Waals surface area (Å²) in [6.45, 7) is 5.09. The highest BCUT2D eigenvalue weighted by atomic mass is 16.1. The molecule has 5 heterocycles. The Hall–Kier alpha value is -2.96. The molecule has 0 radical (unpaired) electrons. The summed E-state index contributed by atoms with van der Waals surface area (Å²) in [6, 6.07) is 6.51. The van der Waals surface area contributed by atoms with Crippen molar-refractivity contribution in [1.82, 2.24) is 24.9 Å². The molecule has 29 heavy (non-hydrogen) atoms. The van der Waals surface area contributed by atoms with Crippen molar-refractivity contribution in [1.29, 1.82) is 0 Å². The average molecular weight is 390 g/mol. The summed E-state index contributed by atoms with van der Waals surface area (Å²) in [5.74, 6) is 0.767. The van der Waals surface area contributed by atoms with E-state index in [-0.39, 0.29) is 17.5 Å². The molecule has 3 aromatic heterocycles. The van der Waals surface area contributed by atoms with Crippen LogP contribution in [0.2, 0.25) is 0 Å². The largest absolute Gasteiger partial charge is 0.349 e. The van der Waals surface area contributed by atoms with E-state index in [4.69, 9.17) is 9.97 Å². The van der Waals surface area contributed by atoms with Gasteiger partial charge in [0.05, 0.1) is 12.2 Å². The van der Waals surface area contributed by atoms with Crippen LogP contribution >= 0.6 is 0 Å². The Morgan fingerprint density at radius 3 is 3.03 bits per heavy atom. The number of hydrogen-bond donors (Lipinski definition) is 1. The van der Waals surface area contributed by atoms with Crippen molar-refractivity contribution in [2.75, 3.05) is 11.4 Å². The van der Waals surface area contributed by atoms with E-state index in [1.165, 1.54) is 5.56 Å². The van der Waals surface area contributed by atoms with Gasteiger partial charge in [0.25, 0.3) is 5.91 Å². The number of anilines is 1. The van der Waals surface area contributed by atoms with Crippen LogP contribution in [0.3, 0.4) is 0 Å². The first kappa shape index (κ1) is 18.1. The molecular weight excluding hydrogens is 364 g/mol. The summed E-state index contributed by atoms with van der Waals surface area (Å²) >= 11 is 0. The van der Waals surface area contributed by atoms with Crippen molar-refractivity contribution in [3.05, 3.63) is 53.6 Å². The van der Waals surface area contributed by atoms with E-state index in [1.54, 1.807) is 10.7 Å². The van der Waals surface area contributed by atoms with Gasteiger partial charge in [0, 0.05) is 30.2 Å². The Bertz CT molecular complexity index is 1070. The molecule has 1 saturated heterocycles. The Labute approximate surface area is 170 Å². The van der Waals surface area contributed by atoms with Crippen LogP contribution in [0.5, 0.6) is 0 Å². The lowest BCUT2D eigenvalue weighted by molar-refractivity contribution is 0.0910. The van der Waals surface area contributed by atoms with Gasteiger partial charge < -0.3 is 10.2 Å². The van der Waals surface area contributed by atoms with Crippen molar-refractivity contribution in [3.63, 3.8) is 0 Å². The molecule has 1 unspecified atom stereocenters. The lowest BCUT2D eigenvalue weighted by Crippen LogP contribution is -2.43. The van der Waals surface area contributed by atoms with E-state index in [1.807, 2.05) is 24.5 Å². The van der Waals surface area contributed by atoms with Gasteiger partial charge in [-0.25, -0.2) is 9.50 Å². The van der Waals surface area contributed by atoms with Gasteiger partial charge >= 0.3 is 0 Å². The fraction of sp³-hybridized carbons (Fsp3) is 0.455. The molecule has 0 aromatic carbocycles. The monoisotopic (exact) mass is 390 g/mol. The van der Waals surface area contributed by atoms with Gasteiger partial charge in [-0.1, -0.05) is 6.07 Å². The molecule has 2 aliphatic rings. The van der Waals surface area contributed by atoms with Crippen LogP contribution < -0.4 is 10.2 Å². The average Bonchev–Trinajstić information content (AvgIpc) is 3.34. The number of aromatic nitrogens is 4. The number of hydrogen-bond acceptors (Lipinski definition) is 5. The Kier molecular flexibility index (Phi) is 4.26. The Balaban J connectivity index is 1.66. The smallest absolute Gasteiger partial charge is 0.257 e. The van der Waals surface area contributed by atoms with Gasteiger partial charge in [0.2, 0.25) is 0 Å². The van der Waals surface area contributed by atoms with Crippen LogP contribution in [0.1, 0.15) is 67.2 Å². The van der Waals surface area contributed by atoms with Crippen LogP contribution in [0.15, 0.2) is 36.8 Å². The zero-order chi connectivity index (χ0) is 20.0. The molecule has 1 N–H and O–H groups in total. The van der Waals surface area contributed by atoms with Crippen molar-refractivity contribution in [2.45, 2.75) is 57.5 Å². The second kappa shape index (κ2) is 6.83. The minimum absolute atomic E-state index is 0.122. The Morgan fingerprint density at radius 2 is 2.14 bits per heavy atom. The van der Waals surface area contributed by atoms with Gasteiger partial charge in [-0.2, -0.15) is 5.10 Å². The first-order chi connectivity index (χ1) is 14.0. The van der Waals surface area contributed by atoms with Crippen molar-refractivity contribution in [2.24, 2.45) is 0 Å². The predicted molar refractivity (Wildman–Crippen MR) is 111 cm³/mol. The third-order valence-electron chi connectivity index (χ3n) is 6.10. The molecule has 0 aliphatic carbocycles. The van der Waals surface area contributed by atoms with Gasteiger partial charge in [0.15, 0.2) is 5.65 Å². The Morgan fingerprint density at radius 1 is 1.24 bits per heavy atom. The second-order valence-corrected chi connectivity index (χ2v) is 8.69. The topological polar surface area (TPSA) is 75.4 Å². The highest BCUT2D eigenvalue weighted by Crippen LogP contribution is 2.37. The van der Waals surface area contributed by atoms with Crippen molar-refractivity contribution >= 4 is 17.4 Å². The van der Waals surface area contributed by atoms with Crippen LogP contribution in [0.25, 0.3) is 5.65 Å². The van der Waals surface area contributed by atoms with E-state index >= 15 is 0 Å². The minimum Gasteiger partial charge on any atom is -0.349 e. The van der Waals surface area contributed by atoms with Crippen molar-refractivity contribution < 1.29 is 4.79 Å². The quantitative estimate of drug-likeness (QED) is 0.637. The maximum absolute atomic E-state index is 13.0. The van der Waals surface area contributed by atoms with Crippen LogP contribution in [-0.2, 0) is 6.42 Å². The molecule has 1 amide bonds. The van der Waals surface area contributed by atoms with E-state index in [9.17, 15) is 4.79 Å². The highest BCUT2D eigenvalue weighted by Gasteiger charge is 2.31. The zero-order valence-electron chi connectivity index (χ0n) is 16.9. The lowest BCUT2D eigenvalue weighted by Gasteiger charge is -2.29. The first-order valence-corrected chi connectivity index (χ1v) is 10.4. The lowest BCUT2D eigenvalue weighted by atomic mass is 9.93. The summed E-state index contributed by atoms with van der Waals surface area (Å²) in [5, 5.41) is 7.50. The summed E-state index contributed by atoms with van der Waals surface area (Å²) in [4.78, 5) is 24.9. The second-order valence-electron chi connectivity index (χ2n) is 8.69. The molecule has 150 valence electrons. The molecule has 1 atom stereocenters. The number of amides is 1. The SMILES string of the molecule is CC1(C)CCCc2ncccc2C2CCCN2c2ccn3ncc(c3n2)C(=O)N1. The van der Waals surface area contributed by atoms with Crippen LogP contribution in [0.4, 0.5) is 5.82 Å². The number of pyridine rings is 1. The summed E-state index contributed by atoms with van der Waals surface area (Å²) < 4.78 is 1.68. The molecular formula is C22H26N6O. The molecule has 7 nitrogen and oxygen atoms in total. The number of carbonyl (C=O) groups is 1. The van der Waals surface area contributed by atoms with Crippen LogP contribution in [-0.4, -0.2) is 37.6 Å². The van der Waals surface area contributed by atoms with Gasteiger partial charge in [-0.15, -0.1) is 0 Å². The summed E-state index contributed by atoms with van der Waals surface area (Å²) in [7, 11) is 0. The number of rotatable bonds is 0. The summed E-state index contributed by atoms with van der Waals surface area (Å²) in [5.41, 5.74) is 3.27. The van der Waals surface area contributed by atoms with Crippen LogP contribution in [0, 0.1) is 0 Å². The maximum atomic E-state index is 13.0. The number of carbonyl (C=O) groups excluding carboxylic acids is 1. The molecule has 1 fully saturated rings. The number of nitrogens with zero attached hydrogens (tertiary/aromatic N) is 5. The van der Waals surface area contributed by atoms with Gasteiger partial charge in [0.1, 0.15) is 11.4 Å². The molecule has 5 rings (SSSR count). The number of aryl methyl sites for hydroxylation is 1. The van der Waals surface area contributed by atoms with E-state index < -0.39 is 0 Å². The first-order valence-electron chi connectivity index (χ1n) is 10.4. The zero-order valence-corrected chi connectivity index (χ0v) is 16.9. The van der Waals surface area contributed by atoms with E-state index in [0.29, 0.717) is 11.2 Å². The fourth-order valence-corrected chi connectivity index (χ4v) is 4.64. The van der Waals surface area contributed by atoms with Crippen molar-refractivity contribution in [3.8, 4) is 0 Å². The highest BCUT2D eigenvalue weighted by molar-refractivity contribution is 6.00.